The predicted octanol–water partition coefficient (Wildman–Crippen LogP) is 2.29. The maximum absolute atomic E-state index is 12.5. The van der Waals surface area contributed by atoms with Gasteiger partial charge in [0.25, 0.3) is 0 Å². The van der Waals surface area contributed by atoms with Crippen molar-refractivity contribution in [2.24, 2.45) is 0 Å². The van der Waals surface area contributed by atoms with Gasteiger partial charge >= 0.3 is 0 Å². The van der Waals surface area contributed by atoms with Gasteiger partial charge in [-0.05, 0) is 52.5 Å². The molecule has 0 saturated heterocycles. The van der Waals surface area contributed by atoms with Crippen LogP contribution >= 0.6 is 0 Å². The molecule has 128 valence electrons. The summed E-state index contributed by atoms with van der Waals surface area (Å²) in [5.41, 5.74) is 5.11. The molecule has 0 unspecified atom stereocenters. The minimum atomic E-state index is -0.161. The number of nitrogens with one attached hydrogen (secondary N) is 1. The lowest BCUT2D eigenvalue weighted by atomic mass is 9.99. The van der Waals surface area contributed by atoms with Crippen LogP contribution in [-0.4, -0.2) is 33.7 Å². The molecule has 0 radical (unpaired) electrons. The minimum Gasteiger partial charge on any atom is -0.351 e. The fourth-order valence-corrected chi connectivity index (χ4v) is 3.29. The van der Waals surface area contributed by atoms with Crippen molar-refractivity contribution in [1.29, 1.82) is 0 Å². The molecule has 1 atom stereocenters. The summed E-state index contributed by atoms with van der Waals surface area (Å²) < 4.78 is 4.70. The fraction of sp³-hybridized carbons (Fsp3) is 0.316. The van der Waals surface area contributed by atoms with E-state index in [0.717, 1.165) is 30.6 Å². The molecule has 1 aliphatic heterocycles. The Bertz CT molecular complexity index is 905. The highest BCUT2D eigenvalue weighted by Gasteiger charge is 2.24. The molecule has 0 fully saturated rings. The number of amides is 1. The number of aromatic nitrogens is 2. The maximum atomic E-state index is 12.5. The SMILES string of the molecule is C[C@H](C(=O)NCc1ccc2nonc2c1)N1CCc2ccccc2C1. The van der Waals surface area contributed by atoms with E-state index in [4.69, 9.17) is 4.63 Å². The van der Waals surface area contributed by atoms with Crippen LogP contribution in [0.3, 0.4) is 0 Å². The van der Waals surface area contributed by atoms with Crippen LogP contribution in [-0.2, 0) is 24.3 Å². The summed E-state index contributed by atoms with van der Waals surface area (Å²) in [7, 11) is 0. The summed E-state index contributed by atoms with van der Waals surface area (Å²) >= 11 is 0. The van der Waals surface area contributed by atoms with E-state index in [-0.39, 0.29) is 11.9 Å². The van der Waals surface area contributed by atoms with Gasteiger partial charge in [0.1, 0.15) is 11.0 Å². The summed E-state index contributed by atoms with van der Waals surface area (Å²) in [4.78, 5) is 14.8. The van der Waals surface area contributed by atoms with Crippen molar-refractivity contribution >= 4 is 16.9 Å². The van der Waals surface area contributed by atoms with E-state index < -0.39 is 0 Å². The number of fused-ring (bicyclic) bond motifs is 2. The van der Waals surface area contributed by atoms with Crippen LogP contribution in [0.1, 0.15) is 23.6 Å². The third-order valence-corrected chi connectivity index (χ3v) is 4.87. The number of carbonyl (C=O) groups is 1. The molecule has 0 spiro atoms. The molecule has 0 saturated carbocycles. The zero-order valence-electron chi connectivity index (χ0n) is 14.1. The molecule has 25 heavy (non-hydrogen) atoms. The number of carbonyl (C=O) groups excluding carboxylic acids is 1. The Morgan fingerprint density at radius 2 is 2.00 bits per heavy atom. The topological polar surface area (TPSA) is 71.3 Å². The van der Waals surface area contributed by atoms with Crippen molar-refractivity contribution in [3.05, 3.63) is 59.2 Å². The smallest absolute Gasteiger partial charge is 0.237 e. The molecule has 1 amide bonds. The van der Waals surface area contributed by atoms with E-state index in [1.165, 1.54) is 11.1 Å². The lowest BCUT2D eigenvalue weighted by Gasteiger charge is -2.32. The summed E-state index contributed by atoms with van der Waals surface area (Å²) in [5, 5.41) is 10.6. The quantitative estimate of drug-likeness (QED) is 0.791. The van der Waals surface area contributed by atoms with Gasteiger partial charge in [0, 0.05) is 19.6 Å². The zero-order valence-corrected chi connectivity index (χ0v) is 14.1. The van der Waals surface area contributed by atoms with Crippen LogP contribution in [0.25, 0.3) is 11.0 Å². The summed E-state index contributed by atoms with van der Waals surface area (Å²) in [6.07, 6.45) is 0.990. The molecule has 3 aromatic rings. The highest BCUT2D eigenvalue weighted by atomic mass is 16.6. The highest BCUT2D eigenvalue weighted by molar-refractivity contribution is 5.81. The molecular weight excluding hydrogens is 316 g/mol. The molecule has 1 aromatic heterocycles. The first-order valence-corrected chi connectivity index (χ1v) is 8.50. The zero-order chi connectivity index (χ0) is 17.2. The third-order valence-electron chi connectivity index (χ3n) is 4.87. The maximum Gasteiger partial charge on any atom is 0.237 e. The second kappa shape index (κ2) is 6.64. The van der Waals surface area contributed by atoms with Crippen molar-refractivity contribution in [3.63, 3.8) is 0 Å². The molecule has 6 nitrogen and oxygen atoms in total. The molecule has 0 bridgehead atoms. The second-order valence-corrected chi connectivity index (χ2v) is 6.47. The van der Waals surface area contributed by atoms with Gasteiger partial charge in [-0.25, -0.2) is 4.63 Å². The second-order valence-electron chi connectivity index (χ2n) is 6.47. The highest BCUT2D eigenvalue weighted by Crippen LogP contribution is 2.20. The van der Waals surface area contributed by atoms with Crippen LogP contribution < -0.4 is 5.32 Å². The van der Waals surface area contributed by atoms with Crippen LogP contribution in [0.4, 0.5) is 0 Å². The van der Waals surface area contributed by atoms with Gasteiger partial charge in [0.05, 0.1) is 6.04 Å². The van der Waals surface area contributed by atoms with Gasteiger partial charge < -0.3 is 5.32 Å². The van der Waals surface area contributed by atoms with Crippen molar-refractivity contribution in [1.82, 2.24) is 20.5 Å². The molecule has 0 aliphatic carbocycles. The van der Waals surface area contributed by atoms with E-state index in [0.29, 0.717) is 12.1 Å². The Labute approximate surface area is 145 Å². The van der Waals surface area contributed by atoms with Gasteiger partial charge in [-0.3, -0.25) is 9.69 Å². The number of benzene rings is 2. The minimum absolute atomic E-state index is 0.0396. The van der Waals surface area contributed by atoms with Crippen molar-refractivity contribution in [3.8, 4) is 0 Å². The van der Waals surface area contributed by atoms with Gasteiger partial charge in [0.2, 0.25) is 5.91 Å². The summed E-state index contributed by atoms with van der Waals surface area (Å²) in [6.45, 7) is 4.16. The Kier molecular flexibility index (Phi) is 4.19. The van der Waals surface area contributed by atoms with Crippen molar-refractivity contribution in [2.45, 2.75) is 32.5 Å². The standard InChI is InChI=1S/C19H20N4O2/c1-13(23-9-8-15-4-2-3-5-16(15)12-23)19(24)20-11-14-6-7-17-18(10-14)22-25-21-17/h2-7,10,13H,8-9,11-12H2,1H3,(H,20,24)/t13-/m1/s1. The monoisotopic (exact) mass is 336 g/mol. The van der Waals surface area contributed by atoms with Gasteiger partial charge in [-0.15, -0.1) is 0 Å². The van der Waals surface area contributed by atoms with E-state index in [1.54, 1.807) is 0 Å². The normalized spacial score (nSPS) is 15.7. The molecule has 1 N–H and O–H groups in total. The molecule has 2 aromatic carbocycles. The van der Waals surface area contributed by atoms with E-state index in [2.05, 4.69) is 44.8 Å². The first kappa shape index (κ1) is 15.8. The number of rotatable bonds is 4. The summed E-state index contributed by atoms with van der Waals surface area (Å²) in [5.74, 6) is 0.0396. The fourth-order valence-electron chi connectivity index (χ4n) is 3.29. The van der Waals surface area contributed by atoms with E-state index in [1.807, 2.05) is 25.1 Å². The number of hydrogen-bond donors (Lipinski definition) is 1. The number of hydrogen-bond acceptors (Lipinski definition) is 5. The number of nitrogens with zero attached hydrogens (tertiary/aromatic N) is 3. The van der Waals surface area contributed by atoms with E-state index in [9.17, 15) is 4.79 Å². The molecule has 1 aliphatic rings. The van der Waals surface area contributed by atoms with Crippen LogP contribution in [0.2, 0.25) is 0 Å². The molecule has 4 rings (SSSR count). The van der Waals surface area contributed by atoms with Crippen LogP contribution in [0, 0.1) is 0 Å². The average Bonchev–Trinajstić information content (AvgIpc) is 3.13. The Hall–Kier alpha value is -2.73. The van der Waals surface area contributed by atoms with Crippen molar-refractivity contribution < 1.29 is 9.42 Å². The summed E-state index contributed by atoms with van der Waals surface area (Å²) in [6, 6.07) is 13.9. The van der Waals surface area contributed by atoms with Crippen LogP contribution in [0.5, 0.6) is 0 Å². The third kappa shape index (κ3) is 3.25. The lowest BCUT2D eigenvalue weighted by Crippen LogP contribution is -2.46. The lowest BCUT2D eigenvalue weighted by molar-refractivity contribution is -0.126. The van der Waals surface area contributed by atoms with E-state index >= 15 is 0 Å². The van der Waals surface area contributed by atoms with Gasteiger partial charge in [-0.2, -0.15) is 0 Å². The van der Waals surface area contributed by atoms with Crippen molar-refractivity contribution in [2.75, 3.05) is 6.54 Å². The van der Waals surface area contributed by atoms with Gasteiger partial charge in [0.15, 0.2) is 0 Å². The van der Waals surface area contributed by atoms with Crippen LogP contribution in [0.15, 0.2) is 47.1 Å². The largest absolute Gasteiger partial charge is 0.351 e. The Morgan fingerprint density at radius 3 is 2.88 bits per heavy atom. The average molecular weight is 336 g/mol. The Balaban J connectivity index is 1.37. The molecular formula is C19H20N4O2. The molecule has 6 heteroatoms. The van der Waals surface area contributed by atoms with Gasteiger partial charge in [-0.1, -0.05) is 30.3 Å². The first-order valence-electron chi connectivity index (χ1n) is 8.50. The first-order chi connectivity index (χ1) is 12.2. The Morgan fingerprint density at radius 1 is 1.20 bits per heavy atom. The predicted molar refractivity (Wildman–Crippen MR) is 93.7 cm³/mol. The molecule has 2 heterocycles.